The van der Waals surface area contributed by atoms with E-state index in [-0.39, 0.29) is 17.5 Å². The standard InChI is InChI=1S/C19H17FN4O/c1-12-7-18(13-3-2-4-21-10-13)24(11-12)19(25)14-8-16-17(9-15(14)20)23-6-5-22-16/h2-6,8-10,12,18H,7,11H2,1H3/t12-,18+/m0/s1. The number of nitrogens with zero attached hydrogens (tertiary/aromatic N) is 4. The molecule has 0 aliphatic carbocycles. The third-order valence-electron chi connectivity index (χ3n) is 4.63. The molecule has 1 fully saturated rings. The van der Waals surface area contributed by atoms with Gasteiger partial charge in [-0.3, -0.25) is 19.7 Å². The van der Waals surface area contributed by atoms with Crippen LogP contribution in [0.15, 0.2) is 49.1 Å². The van der Waals surface area contributed by atoms with Crippen LogP contribution in [0.2, 0.25) is 0 Å². The van der Waals surface area contributed by atoms with E-state index in [9.17, 15) is 9.18 Å². The molecule has 3 aromatic rings. The third kappa shape index (κ3) is 2.84. The summed E-state index contributed by atoms with van der Waals surface area (Å²) in [4.78, 5) is 27.2. The maximum Gasteiger partial charge on any atom is 0.257 e. The Kier molecular flexibility index (Phi) is 3.87. The van der Waals surface area contributed by atoms with Crippen molar-refractivity contribution in [2.75, 3.05) is 6.54 Å². The average Bonchev–Trinajstić information content (AvgIpc) is 3.03. The Hall–Kier alpha value is -2.89. The number of aromatic nitrogens is 3. The van der Waals surface area contributed by atoms with Crippen LogP contribution in [0.1, 0.15) is 35.3 Å². The molecule has 4 rings (SSSR count). The second-order valence-electron chi connectivity index (χ2n) is 6.48. The third-order valence-corrected chi connectivity index (χ3v) is 4.63. The van der Waals surface area contributed by atoms with Gasteiger partial charge in [0.1, 0.15) is 5.82 Å². The van der Waals surface area contributed by atoms with Gasteiger partial charge in [0.2, 0.25) is 0 Å². The van der Waals surface area contributed by atoms with Crippen LogP contribution in [0.3, 0.4) is 0 Å². The molecule has 3 heterocycles. The number of amides is 1. The molecule has 25 heavy (non-hydrogen) atoms. The Labute approximate surface area is 144 Å². The molecule has 1 aromatic carbocycles. The molecule has 1 amide bonds. The normalized spacial score (nSPS) is 20.2. The van der Waals surface area contributed by atoms with Crippen molar-refractivity contribution >= 4 is 16.9 Å². The van der Waals surface area contributed by atoms with Crippen molar-refractivity contribution in [3.8, 4) is 0 Å². The van der Waals surface area contributed by atoms with Gasteiger partial charge < -0.3 is 4.90 Å². The van der Waals surface area contributed by atoms with Gasteiger partial charge in [-0.25, -0.2) is 4.39 Å². The molecule has 1 saturated heterocycles. The van der Waals surface area contributed by atoms with Crippen molar-refractivity contribution in [2.45, 2.75) is 19.4 Å². The van der Waals surface area contributed by atoms with E-state index in [2.05, 4.69) is 21.9 Å². The Morgan fingerprint density at radius 1 is 1.20 bits per heavy atom. The second kappa shape index (κ2) is 6.20. The van der Waals surface area contributed by atoms with Gasteiger partial charge >= 0.3 is 0 Å². The van der Waals surface area contributed by atoms with E-state index in [1.54, 1.807) is 17.3 Å². The van der Waals surface area contributed by atoms with Gasteiger partial charge in [0.25, 0.3) is 5.91 Å². The van der Waals surface area contributed by atoms with Gasteiger partial charge in [-0.2, -0.15) is 0 Å². The number of benzene rings is 1. The van der Waals surface area contributed by atoms with Gasteiger partial charge in [-0.15, -0.1) is 0 Å². The zero-order valence-corrected chi connectivity index (χ0v) is 13.8. The van der Waals surface area contributed by atoms with E-state index in [1.807, 2.05) is 12.1 Å². The molecule has 2 atom stereocenters. The van der Waals surface area contributed by atoms with Crippen molar-refractivity contribution in [3.05, 3.63) is 66.0 Å². The number of hydrogen-bond acceptors (Lipinski definition) is 4. The number of halogens is 1. The number of fused-ring (bicyclic) bond motifs is 1. The fraction of sp³-hybridized carbons (Fsp3) is 0.263. The Balaban J connectivity index is 1.73. The molecule has 0 spiro atoms. The lowest BCUT2D eigenvalue weighted by atomic mass is 10.0. The van der Waals surface area contributed by atoms with Gasteiger partial charge in [0.05, 0.1) is 22.6 Å². The van der Waals surface area contributed by atoms with Gasteiger partial charge in [0, 0.05) is 37.4 Å². The molecule has 0 N–H and O–H groups in total. The van der Waals surface area contributed by atoms with Gasteiger partial charge in [0.15, 0.2) is 0 Å². The average molecular weight is 336 g/mol. The summed E-state index contributed by atoms with van der Waals surface area (Å²) in [6.45, 7) is 2.69. The van der Waals surface area contributed by atoms with Crippen LogP contribution < -0.4 is 0 Å². The molecule has 0 bridgehead atoms. The molecule has 126 valence electrons. The zero-order valence-electron chi connectivity index (χ0n) is 13.8. The van der Waals surface area contributed by atoms with Crippen molar-refractivity contribution in [3.63, 3.8) is 0 Å². The Bertz CT molecular complexity index is 931. The molecule has 5 nitrogen and oxygen atoms in total. The van der Waals surface area contributed by atoms with E-state index >= 15 is 0 Å². The summed E-state index contributed by atoms with van der Waals surface area (Å²) >= 11 is 0. The lowest BCUT2D eigenvalue weighted by Gasteiger charge is -2.25. The minimum Gasteiger partial charge on any atom is -0.331 e. The van der Waals surface area contributed by atoms with E-state index in [0.717, 1.165) is 12.0 Å². The van der Waals surface area contributed by atoms with Crippen molar-refractivity contribution in [2.24, 2.45) is 5.92 Å². The van der Waals surface area contributed by atoms with Crippen LogP contribution in [0.5, 0.6) is 0 Å². The Morgan fingerprint density at radius 3 is 2.68 bits per heavy atom. The van der Waals surface area contributed by atoms with Gasteiger partial charge in [-0.05, 0) is 30.0 Å². The zero-order chi connectivity index (χ0) is 17.4. The molecule has 0 saturated carbocycles. The summed E-state index contributed by atoms with van der Waals surface area (Å²) in [6, 6.07) is 6.48. The quantitative estimate of drug-likeness (QED) is 0.720. The van der Waals surface area contributed by atoms with Crippen molar-refractivity contribution in [1.29, 1.82) is 0 Å². The summed E-state index contributed by atoms with van der Waals surface area (Å²) in [5, 5.41) is 0. The first-order valence-electron chi connectivity index (χ1n) is 8.24. The second-order valence-corrected chi connectivity index (χ2v) is 6.48. The molecule has 2 aromatic heterocycles. The number of likely N-dealkylation sites (tertiary alicyclic amines) is 1. The molecular weight excluding hydrogens is 319 g/mol. The maximum absolute atomic E-state index is 14.5. The van der Waals surface area contributed by atoms with Crippen molar-refractivity contribution < 1.29 is 9.18 Å². The summed E-state index contributed by atoms with van der Waals surface area (Å²) in [5.74, 6) is -0.539. The largest absolute Gasteiger partial charge is 0.331 e. The van der Waals surface area contributed by atoms with E-state index in [1.165, 1.54) is 24.5 Å². The van der Waals surface area contributed by atoms with Crippen LogP contribution in [-0.2, 0) is 0 Å². The highest BCUT2D eigenvalue weighted by Gasteiger charge is 2.35. The number of pyridine rings is 1. The number of carbonyl (C=O) groups excluding carboxylic acids is 1. The highest BCUT2D eigenvalue weighted by molar-refractivity contribution is 5.98. The molecule has 1 aliphatic heterocycles. The maximum atomic E-state index is 14.5. The summed E-state index contributed by atoms with van der Waals surface area (Å²) in [6.07, 6.45) is 7.35. The fourth-order valence-electron chi connectivity index (χ4n) is 3.46. The molecule has 6 heteroatoms. The van der Waals surface area contributed by atoms with Crippen LogP contribution in [0, 0.1) is 11.7 Å². The lowest BCUT2D eigenvalue weighted by molar-refractivity contribution is 0.0727. The van der Waals surface area contributed by atoms with E-state index in [4.69, 9.17) is 0 Å². The topological polar surface area (TPSA) is 59.0 Å². The van der Waals surface area contributed by atoms with Crippen LogP contribution in [0.25, 0.3) is 11.0 Å². The SMILES string of the molecule is C[C@H]1C[C@H](c2cccnc2)N(C(=O)c2cc3nccnc3cc2F)C1. The van der Waals surface area contributed by atoms with Crippen molar-refractivity contribution in [1.82, 2.24) is 19.9 Å². The smallest absolute Gasteiger partial charge is 0.257 e. The van der Waals surface area contributed by atoms with Crippen LogP contribution >= 0.6 is 0 Å². The summed E-state index contributed by atoms with van der Waals surface area (Å²) < 4.78 is 14.5. The fourth-order valence-corrected chi connectivity index (χ4v) is 3.46. The monoisotopic (exact) mass is 336 g/mol. The first kappa shape index (κ1) is 15.6. The first-order chi connectivity index (χ1) is 12.1. The minimum atomic E-state index is -0.567. The number of hydrogen-bond donors (Lipinski definition) is 0. The highest BCUT2D eigenvalue weighted by atomic mass is 19.1. The van der Waals surface area contributed by atoms with Gasteiger partial charge in [-0.1, -0.05) is 13.0 Å². The first-order valence-corrected chi connectivity index (χ1v) is 8.24. The molecule has 0 unspecified atom stereocenters. The minimum absolute atomic E-state index is 0.0380. The van der Waals surface area contributed by atoms with E-state index in [0.29, 0.717) is 23.5 Å². The van der Waals surface area contributed by atoms with E-state index < -0.39 is 5.82 Å². The molecule has 0 radical (unpaired) electrons. The Morgan fingerprint density at radius 2 is 1.96 bits per heavy atom. The summed E-state index contributed by atoms with van der Waals surface area (Å²) in [5.41, 5.74) is 1.96. The van der Waals surface area contributed by atoms with Crippen LogP contribution in [0.4, 0.5) is 4.39 Å². The number of rotatable bonds is 2. The summed E-state index contributed by atoms with van der Waals surface area (Å²) in [7, 11) is 0. The predicted molar refractivity (Wildman–Crippen MR) is 91.3 cm³/mol. The van der Waals surface area contributed by atoms with Crippen LogP contribution in [-0.4, -0.2) is 32.3 Å². The predicted octanol–water partition coefficient (Wildman–Crippen LogP) is 3.39. The highest BCUT2D eigenvalue weighted by Crippen LogP contribution is 2.36. The molecule has 1 aliphatic rings. The number of carbonyl (C=O) groups is 1. The lowest BCUT2D eigenvalue weighted by Crippen LogP contribution is -2.31. The molecular formula is C19H17FN4O.